The number of nitrogens with zero attached hydrogens (tertiary/aromatic N) is 1. The highest BCUT2D eigenvalue weighted by atomic mass is 79.9. The van der Waals surface area contributed by atoms with Crippen molar-refractivity contribution in [1.82, 2.24) is 4.98 Å². The third-order valence-electron chi connectivity index (χ3n) is 1.47. The van der Waals surface area contributed by atoms with Gasteiger partial charge in [0.2, 0.25) is 0 Å². The van der Waals surface area contributed by atoms with Crippen LogP contribution >= 0.6 is 15.9 Å². The van der Waals surface area contributed by atoms with Crippen LogP contribution < -0.4 is 0 Å². The molecular formula is C7H5BrF3NO. The van der Waals surface area contributed by atoms with Gasteiger partial charge in [0.1, 0.15) is 5.69 Å². The lowest BCUT2D eigenvalue weighted by molar-refractivity contribution is 0.141. The molecule has 0 aliphatic carbocycles. The van der Waals surface area contributed by atoms with Gasteiger partial charge in [-0.25, -0.2) is 13.2 Å². The monoisotopic (exact) mass is 255 g/mol. The normalized spacial score (nSPS) is 10.9. The number of alkyl halides is 2. The molecule has 1 aromatic rings. The van der Waals surface area contributed by atoms with E-state index >= 15 is 0 Å². The number of aliphatic hydroxyl groups is 1. The fourth-order valence-corrected chi connectivity index (χ4v) is 1.29. The zero-order valence-corrected chi connectivity index (χ0v) is 7.85. The second-order valence-electron chi connectivity index (χ2n) is 2.24. The average Bonchev–Trinajstić information content (AvgIpc) is 2.09. The molecule has 0 spiro atoms. The second-order valence-corrected chi connectivity index (χ2v) is 3.04. The molecule has 6 heteroatoms. The molecule has 0 atom stereocenters. The van der Waals surface area contributed by atoms with Crippen LogP contribution in [0.5, 0.6) is 0 Å². The van der Waals surface area contributed by atoms with Crippen molar-refractivity contribution in [3.05, 3.63) is 27.7 Å². The molecule has 1 heterocycles. The molecule has 0 saturated heterocycles. The zero-order valence-electron chi connectivity index (χ0n) is 6.27. The van der Waals surface area contributed by atoms with Gasteiger partial charge in [-0.05, 0) is 15.9 Å². The largest absolute Gasteiger partial charge is 0.392 e. The number of hydrogen-bond acceptors (Lipinski definition) is 2. The maximum Gasteiger partial charge on any atom is 0.280 e. The Hall–Kier alpha value is -0.620. The smallest absolute Gasteiger partial charge is 0.280 e. The number of aliphatic hydroxyl groups excluding tert-OH is 1. The van der Waals surface area contributed by atoms with Crippen LogP contribution in [0.1, 0.15) is 17.7 Å². The van der Waals surface area contributed by atoms with Gasteiger partial charge in [0.25, 0.3) is 6.43 Å². The number of pyridine rings is 1. The molecule has 0 aliphatic rings. The predicted octanol–water partition coefficient (Wildman–Crippen LogP) is 2.41. The highest BCUT2D eigenvalue weighted by Gasteiger charge is 2.18. The van der Waals surface area contributed by atoms with E-state index in [1.165, 1.54) is 0 Å². The summed E-state index contributed by atoms with van der Waals surface area (Å²) in [4.78, 5) is 3.19. The lowest BCUT2D eigenvalue weighted by Gasteiger charge is -2.07. The Morgan fingerprint density at radius 1 is 1.54 bits per heavy atom. The molecule has 0 unspecified atom stereocenters. The van der Waals surface area contributed by atoms with Crippen molar-refractivity contribution in [1.29, 1.82) is 0 Å². The second kappa shape index (κ2) is 4.06. The van der Waals surface area contributed by atoms with Crippen molar-refractivity contribution in [2.24, 2.45) is 0 Å². The third-order valence-corrected chi connectivity index (χ3v) is 2.32. The van der Waals surface area contributed by atoms with Gasteiger partial charge >= 0.3 is 0 Å². The molecule has 0 aromatic carbocycles. The zero-order chi connectivity index (χ0) is 10.0. The Morgan fingerprint density at radius 2 is 2.15 bits per heavy atom. The van der Waals surface area contributed by atoms with Gasteiger partial charge in [-0.3, -0.25) is 4.98 Å². The van der Waals surface area contributed by atoms with E-state index in [-0.39, 0.29) is 10.0 Å². The van der Waals surface area contributed by atoms with Crippen LogP contribution in [0.25, 0.3) is 0 Å². The first kappa shape index (κ1) is 10.5. The highest BCUT2D eigenvalue weighted by Crippen LogP contribution is 2.28. The van der Waals surface area contributed by atoms with Crippen LogP contribution in [0.15, 0.2) is 10.7 Å². The van der Waals surface area contributed by atoms with Crippen LogP contribution in [0.4, 0.5) is 13.2 Å². The van der Waals surface area contributed by atoms with E-state index in [2.05, 4.69) is 20.9 Å². The molecule has 0 radical (unpaired) electrons. The van der Waals surface area contributed by atoms with E-state index in [0.29, 0.717) is 6.20 Å². The summed E-state index contributed by atoms with van der Waals surface area (Å²) in [7, 11) is 0. The molecule has 2 nitrogen and oxygen atoms in total. The fraction of sp³-hybridized carbons (Fsp3) is 0.286. The number of halogens is 4. The van der Waals surface area contributed by atoms with Crippen molar-refractivity contribution in [3.8, 4) is 0 Å². The minimum absolute atomic E-state index is 0.166. The minimum Gasteiger partial charge on any atom is -0.392 e. The van der Waals surface area contributed by atoms with Gasteiger partial charge in [0, 0.05) is 5.56 Å². The lowest BCUT2D eigenvalue weighted by Crippen LogP contribution is -2.01. The summed E-state index contributed by atoms with van der Waals surface area (Å²) in [6.45, 7) is -0.676. The van der Waals surface area contributed by atoms with Crippen molar-refractivity contribution >= 4 is 15.9 Å². The minimum atomic E-state index is -2.82. The van der Waals surface area contributed by atoms with Gasteiger partial charge in [-0.2, -0.15) is 0 Å². The van der Waals surface area contributed by atoms with Gasteiger partial charge in [0.05, 0.1) is 17.3 Å². The molecule has 0 bridgehead atoms. The van der Waals surface area contributed by atoms with Crippen LogP contribution in [-0.2, 0) is 6.61 Å². The summed E-state index contributed by atoms with van der Waals surface area (Å²) in [6, 6.07) is 0. The third kappa shape index (κ3) is 2.00. The Labute approximate surface area is 80.5 Å². The lowest BCUT2D eigenvalue weighted by atomic mass is 10.2. The van der Waals surface area contributed by atoms with Crippen molar-refractivity contribution in [2.75, 3.05) is 0 Å². The molecule has 72 valence electrons. The molecule has 1 aromatic heterocycles. The van der Waals surface area contributed by atoms with Gasteiger partial charge in [-0.15, -0.1) is 0 Å². The summed E-state index contributed by atoms with van der Waals surface area (Å²) < 4.78 is 37.0. The Kier molecular flexibility index (Phi) is 3.27. The first-order valence-electron chi connectivity index (χ1n) is 3.29. The Morgan fingerprint density at radius 3 is 2.62 bits per heavy atom. The highest BCUT2D eigenvalue weighted by molar-refractivity contribution is 9.10. The van der Waals surface area contributed by atoms with E-state index in [1.807, 2.05) is 0 Å². The fourth-order valence-electron chi connectivity index (χ4n) is 0.856. The van der Waals surface area contributed by atoms with Crippen molar-refractivity contribution in [2.45, 2.75) is 13.0 Å². The van der Waals surface area contributed by atoms with Gasteiger partial charge < -0.3 is 5.11 Å². The SMILES string of the molecule is OCc1c(C(F)F)ncc(F)c1Br. The average molecular weight is 256 g/mol. The van der Waals surface area contributed by atoms with Crippen LogP contribution in [0, 0.1) is 5.82 Å². The van der Waals surface area contributed by atoms with E-state index < -0.39 is 24.5 Å². The first-order valence-corrected chi connectivity index (χ1v) is 4.09. The van der Waals surface area contributed by atoms with Crippen LogP contribution in [0.3, 0.4) is 0 Å². The molecule has 1 N–H and O–H groups in total. The van der Waals surface area contributed by atoms with E-state index in [1.54, 1.807) is 0 Å². The Balaban J connectivity index is 3.30. The summed E-state index contributed by atoms with van der Waals surface area (Å²) in [5, 5.41) is 8.70. The summed E-state index contributed by atoms with van der Waals surface area (Å²) in [5.74, 6) is -0.770. The molecular weight excluding hydrogens is 251 g/mol. The van der Waals surface area contributed by atoms with E-state index in [9.17, 15) is 13.2 Å². The van der Waals surface area contributed by atoms with E-state index in [4.69, 9.17) is 5.11 Å². The summed E-state index contributed by atoms with van der Waals surface area (Å²) in [5.41, 5.74) is -0.814. The molecule has 0 aliphatic heterocycles. The topological polar surface area (TPSA) is 33.1 Å². The summed E-state index contributed by atoms with van der Waals surface area (Å²) >= 11 is 2.75. The molecule has 13 heavy (non-hydrogen) atoms. The molecule has 1 rings (SSSR count). The Bertz CT molecular complexity index is 319. The van der Waals surface area contributed by atoms with E-state index in [0.717, 1.165) is 0 Å². The molecule has 0 saturated carbocycles. The van der Waals surface area contributed by atoms with Gasteiger partial charge in [-0.1, -0.05) is 0 Å². The first-order chi connectivity index (χ1) is 6.07. The molecule has 0 amide bonds. The summed E-state index contributed by atoms with van der Waals surface area (Å²) in [6.07, 6.45) is -2.14. The maximum absolute atomic E-state index is 12.7. The predicted molar refractivity (Wildman–Crippen MR) is 42.8 cm³/mol. The maximum atomic E-state index is 12.7. The molecule has 0 fully saturated rings. The number of aromatic nitrogens is 1. The van der Waals surface area contributed by atoms with Crippen molar-refractivity contribution < 1.29 is 18.3 Å². The van der Waals surface area contributed by atoms with Crippen LogP contribution in [-0.4, -0.2) is 10.1 Å². The number of hydrogen-bond donors (Lipinski definition) is 1. The number of rotatable bonds is 2. The van der Waals surface area contributed by atoms with Crippen molar-refractivity contribution in [3.63, 3.8) is 0 Å². The van der Waals surface area contributed by atoms with Crippen LogP contribution in [0.2, 0.25) is 0 Å². The van der Waals surface area contributed by atoms with Gasteiger partial charge in [0.15, 0.2) is 5.82 Å². The standard InChI is InChI=1S/C7H5BrF3NO/c8-5-3(2-13)6(7(10)11)12-1-4(5)9/h1,7,13H,2H2. The quantitative estimate of drug-likeness (QED) is 0.881.